The van der Waals surface area contributed by atoms with Gasteiger partial charge in [0.15, 0.2) is 0 Å². The molecule has 3 rings (SSSR count). The predicted octanol–water partition coefficient (Wildman–Crippen LogP) is 2.08. The highest BCUT2D eigenvalue weighted by atomic mass is 16.5. The van der Waals surface area contributed by atoms with E-state index in [-0.39, 0.29) is 30.3 Å². The minimum Gasteiger partial charge on any atom is -0.370 e. The van der Waals surface area contributed by atoms with Crippen LogP contribution in [0.15, 0.2) is 65.6 Å². The molecule has 0 unspecified atom stereocenters. The molecule has 1 fully saturated rings. The molecule has 3 atom stereocenters. The number of nitrogens with two attached hydrogens (primary N) is 1. The Morgan fingerprint density at radius 2 is 1.97 bits per heavy atom. The number of nitrogens with zero attached hydrogens (tertiary/aromatic N) is 1. The molecule has 186 valence electrons. The molecule has 1 aromatic carbocycles. The standard InChI is InChI=1S/C26H32N4O5/c1-2-8-19(13-14-23(27)31)28-24(32)21(17-18-9-4-3-5-10-18)30-15-6-11-20(26(30)34)29-25(33)22-12-7-16-35-22/h2-6,8-11,15,19,21-22H,7,12-14,16-17H2,1H3,(H2,27,31)(H,28,32)(H,29,33)/b8-2+/t19-,21+,22+/m1/s1. The summed E-state index contributed by atoms with van der Waals surface area (Å²) in [5, 5.41) is 5.58. The summed E-state index contributed by atoms with van der Waals surface area (Å²) in [5.74, 6) is -1.22. The first-order chi connectivity index (χ1) is 16.9. The molecule has 0 radical (unpaired) electrons. The number of allylic oxidation sites excluding steroid dienone is 1. The van der Waals surface area contributed by atoms with Gasteiger partial charge in [0.1, 0.15) is 17.8 Å². The monoisotopic (exact) mass is 480 g/mol. The van der Waals surface area contributed by atoms with Crippen LogP contribution in [-0.2, 0) is 25.5 Å². The Balaban J connectivity index is 1.88. The van der Waals surface area contributed by atoms with Crippen LogP contribution in [0.1, 0.15) is 44.2 Å². The van der Waals surface area contributed by atoms with Gasteiger partial charge in [-0.2, -0.15) is 0 Å². The number of hydrogen-bond acceptors (Lipinski definition) is 5. The molecule has 1 aliphatic rings. The van der Waals surface area contributed by atoms with Crippen molar-refractivity contribution >= 4 is 23.4 Å². The summed E-state index contributed by atoms with van der Waals surface area (Å²) in [5.41, 5.74) is 5.74. The van der Waals surface area contributed by atoms with Crippen LogP contribution in [0, 0.1) is 0 Å². The number of rotatable bonds is 11. The Morgan fingerprint density at radius 3 is 2.63 bits per heavy atom. The maximum absolute atomic E-state index is 13.4. The summed E-state index contributed by atoms with van der Waals surface area (Å²) in [6.07, 6.45) is 6.62. The lowest BCUT2D eigenvalue weighted by Gasteiger charge is -2.23. The van der Waals surface area contributed by atoms with Crippen LogP contribution in [0.3, 0.4) is 0 Å². The smallest absolute Gasteiger partial charge is 0.275 e. The van der Waals surface area contributed by atoms with Crippen molar-refractivity contribution in [1.29, 1.82) is 0 Å². The fourth-order valence-corrected chi connectivity index (χ4v) is 4.03. The van der Waals surface area contributed by atoms with Crippen molar-refractivity contribution in [2.75, 3.05) is 11.9 Å². The van der Waals surface area contributed by atoms with E-state index >= 15 is 0 Å². The summed E-state index contributed by atoms with van der Waals surface area (Å²) in [6.45, 7) is 2.33. The highest BCUT2D eigenvalue weighted by Crippen LogP contribution is 2.17. The molecule has 1 aromatic heterocycles. The van der Waals surface area contributed by atoms with E-state index in [1.807, 2.05) is 37.3 Å². The number of benzene rings is 1. The molecule has 1 aliphatic heterocycles. The van der Waals surface area contributed by atoms with Gasteiger partial charge in [-0.05, 0) is 43.9 Å². The average Bonchev–Trinajstić information content (AvgIpc) is 3.38. The third-order valence-electron chi connectivity index (χ3n) is 5.82. The Bertz CT molecular complexity index is 1110. The van der Waals surface area contributed by atoms with Crippen LogP contribution in [-0.4, -0.2) is 41.0 Å². The molecule has 0 bridgehead atoms. The zero-order chi connectivity index (χ0) is 25.2. The van der Waals surface area contributed by atoms with Crippen molar-refractivity contribution in [2.45, 2.75) is 57.2 Å². The third kappa shape index (κ3) is 7.38. The highest BCUT2D eigenvalue weighted by molar-refractivity contribution is 5.94. The molecular formula is C26H32N4O5. The molecule has 3 amide bonds. The number of nitrogens with one attached hydrogen (secondary N) is 2. The van der Waals surface area contributed by atoms with Crippen LogP contribution in [0.5, 0.6) is 0 Å². The van der Waals surface area contributed by atoms with Gasteiger partial charge in [0.05, 0.1) is 0 Å². The molecule has 4 N–H and O–H groups in total. The van der Waals surface area contributed by atoms with E-state index in [9.17, 15) is 19.2 Å². The van der Waals surface area contributed by atoms with Crippen molar-refractivity contribution in [3.05, 3.63) is 76.7 Å². The molecular weight excluding hydrogens is 448 g/mol. The van der Waals surface area contributed by atoms with Crippen LogP contribution in [0.2, 0.25) is 0 Å². The van der Waals surface area contributed by atoms with Crippen LogP contribution in [0.25, 0.3) is 0 Å². The molecule has 2 heterocycles. The van der Waals surface area contributed by atoms with Gasteiger partial charge in [-0.1, -0.05) is 42.5 Å². The van der Waals surface area contributed by atoms with Crippen LogP contribution in [0.4, 0.5) is 5.69 Å². The lowest BCUT2D eigenvalue weighted by atomic mass is 10.0. The normalized spacial score (nSPS) is 17.1. The van der Waals surface area contributed by atoms with E-state index in [2.05, 4.69) is 10.6 Å². The van der Waals surface area contributed by atoms with E-state index in [0.717, 1.165) is 12.0 Å². The topological polar surface area (TPSA) is 133 Å². The van der Waals surface area contributed by atoms with Gasteiger partial charge in [0.2, 0.25) is 11.8 Å². The van der Waals surface area contributed by atoms with Crippen LogP contribution < -0.4 is 21.9 Å². The number of hydrogen-bond donors (Lipinski definition) is 3. The second-order valence-electron chi connectivity index (χ2n) is 8.48. The van der Waals surface area contributed by atoms with Gasteiger partial charge in [0.25, 0.3) is 11.5 Å². The highest BCUT2D eigenvalue weighted by Gasteiger charge is 2.27. The predicted molar refractivity (Wildman–Crippen MR) is 133 cm³/mol. The van der Waals surface area contributed by atoms with E-state index in [1.165, 1.54) is 16.8 Å². The summed E-state index contributed by atoms with van der Waals surface area (Å²) >= 11 is 0. The molecule has 2 aromatic rings. The third-order valence-corrected chi connectivity index (χ3v) is 5.82. The quantitative estimate of drug-likeness (QED) is 0.424. The van der Waals surface area contributed by atoms with Gasteiger partial charge < -0.3 is 25.7 Å². The SMILES string of the molecule is C/C=C/[C@H](CCC(N)=O)NC(=O)[C@H](Cc1ccccc1)n1cccc(NC(=O)[C@@H]2CCCO2)c1=O. The Morgan fingerprint density at radius 1 is 1.20 bits per heavy atom. The summed E-state index contributed by atoms with van der Waals surface area (Å²) in [7, 11) is 0. The average molecular weight is 481 g/mol. The first-order valence-corrected chi connectivity index (χ1v) is 11.8. The molecule has 9 heteroatoms. The lowest BCUT2D eigenvalue weighted by molar-refractivity contribution is -0.125. The zero-order valence-corrected chi connectivity index (χ0v) is 19.8. The fraction of sp³-hybridized carbons (Fsp3) is 0.385. The number of carbonyl (C=O) groups is 3. The summed E-state index contributed by atoms with van der Waals surface area (Å²) in [6, 6.07) is 11.2. The number of amides is 3. The van der Waals surface area contributed by atoms with Crippen molar-refractivity contribution in [3.8, 4) is 0 Å². The second-order valence-corrected chi connectivity index (χ2v) is 8.48. The lowest BCUT2D eigenvalue weighted by Crippen LogP contribution is -2.43. The maximum Gasteiger partial charge on any atom is 0.275 e. The van der Waals surface area contributed by atoms with Gasteiger partial charge in [-0.3, -0.25) is 19.2 Å². The first-order valence-electron chi connectivity index (χ1n) is 11.8. The number of aromatic nitrogens is 1. The van der Waals surface area contributed by atoms with E-state index in [0.29, 0.717) is 19.4 Å². The molecule has 9 nitrogen and oxygen atoms in total. The van der Waals surface area contributed by atoms with Crippen molar-refractivity contribution in [2.24, 2.45) is 5.73 Å². The molecule has 1 saturated heterocycles. The van der Waals surface area contributed by atoms with E-state index in [1.54, 1.807) is 18.2 Å². The van der Waals surface area contributed by atoms with Crippen molar-refractivity contribution < 1.29 is 19.1 Å². The Labute approximate surface area is 204 Å². The van der Waals surface area contributed by atoms with Gasteiger partial charge in [0, 0.05) is 31.7 Å². The van der Waals surface area contributed by atoms with Crippen molar-refractivity contribution in [1.82, 2.24) is 9.88 Å². The molecule has 0 spiro atoms. The second kappa shape index (κ2) is 12.7. The summed E-state index contributed by atoms with van der Waals surface area (Å²) in [4.78, 5) is 50.5. The van der Waals surface area contributed by atoms with Gasteiger partial charge >= 0.3 is 0 Å². The van der Waals surface area contributed by atoms with E-state index in [4.69, 9.17) is 10.5 Å². The largest absolute Gasteiger partial charge is 0.370 e. The Kier molecular flexibility index (Phi) is 9.37. The number of primary amides is 1. The molecule has 0 saturated carbocycles. The minimum absolute atomic E-state index is 0.0811. The van der Waals surface area contributed by atoms with Crippen molar-refractivity contribution in [3.63, 3.8) is 0 Å². The van der Waals surface area contributed by atoms with Crippen LogP contribution >= 0.6 is 0 Å². The van der Waals surface area contributed by atoms with Gasteiger partial charge in [-0.15, -0.1) is 0 Å². The number of pyridine rings is 1. The number of ether oxygens (including phenoxy) is 1. The number of carbonyl (C=O) groups excluding carboxylic acids is 3. The maximum atomic E-state index is 13.4. The molecule has 35 heavy (non-hydrogen) atoms. The fourth-order valence-electron chi connectivity index (χ4n) is 4.03. The minimum atomic E-state index is -0.884. The zero-order valence-electron chi connectivity index (χ0n) is 19.8. The molecule has 0 aliphatic carbocycles. The first kappa shape index (κ1) is 25.9. The Hall–Kier alpha value is -3.72. The number of anilines is 1. The van der Waals surface area contributed by atoms with E-state index < -0.39 is 29.7 Å². The van der Waals surface area contributed by atoms with Gasteiger partial charge in [-0.25, -0.2) is 0 Å². The summed E-state index contributed by atoms with van der Waals surface area (Å²) < 4.78 is 6.73.